The highest BCUT2D eigenvalue weighted by molar-refractivity contribution is 4.71. The van der Waals surface area contributed by atoms with Gasteiger partial charge in [-0.25, -0.2) is 0 Å². The molecule has 0 amide bonds. The van der Waals surface area contributed by atoms with Crippen LogP contribution in [0.25, 0.3) is 0 Å². The Kier molecular flexibility index (Phi) is 3.06. The summed E-state index contributed by atoms with van der Waals surface area (Å²) in [5.41, 5.74) is 0. The van der Waals surface area contributed by atoms with Crippen molar-refractivity contribution in [3.63, 3.8) is 0 Å². The van der Waals surface area contributed by atoms with Crippen LogP contribution in [-0.4, -0.2) is 0 Å². The molecule has 0 atom stereocenters. The maximum Gasteiger partial charge on any atom is -0.0117 e. The predicted octanol–water partition coefficient (Wildman–Crippen LogP) is 2.38. The maximum absolute atomic E-state index is 3.31. The molecular weight excluding hydrogens is 84.1 g/mol. The molecule has 0 nitrogen and oxygen atoms in total. The molecule has 0 rings (SSSR count). The SMILES string of the molecule is CC(C)[C]C(C)C. The van der Waals surface area contributed by atoms with Crippen LogP contribution in [-0.2, 0) is 0 Å². The van der Waals surface area contributed by atoms with Crippen LogP contribution in [0.2, 0.25) is 0 Å². The summed E-state index contributed by atoms with van der Waals surface area (Å²) in [5, 5.41) is 0. The summed E-state index contributed by atoms with van der Waals surface area (Å²) in [7, 11) is 0. The van der Waals surface area contributed by atoms with Crippen molar-refractivity contribution in [2.75, 3.05) is 0 Å². The molecule has 2 radical (unpaired) electrons. The van der Waals surface area contributed by atoms with Crippen LogP contribution in [0.1, 0.15) is 27.7 Å². The molecule has 0 N–H and O–H groups in total. The minimum Gasteiger partial charge on any atom is -0.0622 e. The second kappa shape index (κ2) is 3.06. The van der Waals surface area contributed by atoms with Crippen molar-refractivity contribution < 1.29 is 0 Å². The highest BCUT2D eigenvalue weighted by Gasteiger charge is 1.96. The summed E-state index contributed by atoms with van der Waals surface area (Å²) < 4.78 is 0. The Morgan fingerprint density at radius 2 is 1.14 bits per heavy atom. The molecule has 0 aliphatic carbocycles. The highest BCUT2D eigenvalue weighted by Crippen LogP contribution is 2.06. The molecule has 0 aliphatic rings. The molecule has 0 heteroatoms. The molecule has 42 valence electrons. The van der Waals surface area contributed by atoms with Gasteiger partial charge in [-0.1, -0.05) is 27.7 Å². The van der Waals surface area contributed by atoms with Crippen LogP contribution in [0.15, 0.2) is 0 Å². The normalized spacial score (nSPS) is 11.1. The van der Waals surface area contributed by atoms with Crippen molar-refractivity contribution >= 4 is 0 Å². The Morgan fingerprint density at radius 1 is 0.857 bits per heavy atom. The second-order valence-corrected chi connectivity index (χ2v) is 2.48. The first kappa shape index (κ1) is 7.00. The Morgan fingerprint density at radius 3 is 1.14 bits per heavy atom. The third kappa shape index (κ3) is 6.00. The third-order valence-electron chi connectivity index (χ3n) is 0.667. The van der Waals surface area contributed by atoms with Crippen LogP contribution in [0.3, 0.4) is 0 Å². The summed E-state index contributed by atoms with van der Waals surface area (Å²) in [5.74, 6) is 1.25. The Bertz CT molecular complexity index is 29.3. The number of hydrogen-bond donors (Lipinski definition) is 0. The van der Waals surface area contributed by atoms with Crippen molar-refractivity contribution in [1.82, 2.24) is 0 Å². The van der Waals surface area contributed by atoms with Gasteiger partial charge in [-0.05, 0) is 18.3 Å². The van der Waals surface area contributed by atoms with E-state index in [1.807, 2.05) is 0 Å². The standard InChI is InChI=1S/C7H14/c1-6(2)5-7(3)4/h6-7H,1-4H3. The molecule has 7 heavy (non-hydrogen) atoms. The largest absolute Gasteiger partial charge is 0.0622 e. The molecule has 0 saturated carbocycles. The van der Waals surface area contributed by atoms with Crippen molar-refractivity contribution in [3.8, 4) is 0 Å². The first-order valence-electron chi connectivity index (χ1n) is 2.89. The van der Waals surface area contributed by atoms with Crippen LogP contribution in [0, 0.1) is 18.3 Å². The van der Waals surface area contributed by atoms with Crippen molar-refractivity contribution in [1.29, 1.82) is 0 Å². The average Bonchev–Trinajstić information content (AvgIpc) is 1.27. The van der Waals surface area contributed by atoms with E-state index in [4.69, 9.17) is 0 Å². The van der Waals surface area contributed by atoms with E-state index in [1.54, 1.807) is 0 Å². The van der Waals surface area contributed by atoms with Gasteiger partial charge in [-0.2, -0.15) is 0 Å². The van der Waals surface area contributed by atoms with Crippen LogP contribution >= 0.6 is 0 Å². The third-order valence-corrected chi connectivity index (χ3v) is 0.667. The molecule has 0 unspecified atom stereocenters. The molecule has 0 bridgehead atoms. The summed E-state index contributed by atoms with van der Waals surface area (Å²) >= 11 is 0. The molecule has 0 aromatic rings. The van der Waals surface area contributed by atoms with Gasteiger partial charge in [-0.15, -0.1) is 0 Å². The lowest BCUT2D eigenvalue weighted by atomic mass is 10.0. The fraction of sp³-hybridized carbons (Fsp3) is 0.857. The highest BCUT2D eigenvalue weighted by atomic mass is 14.0. The molecule has 0 aliphatic heterocycles. The zero-order valence-corrected chi connectivity index (χ0v) is 5.65. The molecule has 0 aromatic heterocycles. The van der Waals surface area contributed by atoms with E-state index < -0.39 is 0 Å². The number of rotatable bonds is 2. The predicted molar refractivity (Wildman–Crippen MR) is 32.9 cm³/mol. The molecule has 0 aromatic carbocycles. The lowest BCUT2D eigenvalue weighted by Crippen LogP contribution is -1.94. The van der Waals surface area contributed by atoms with Crippen molar-refractivity contribution in [2.24, 2.45) is 11.8 Å². The Hall–Kier alpha value is 0. The monoisotopic (exact) mass is 98.1 g/mol. The van der Waals surface area contributed by atoms with Gasteiger partial charge in [-0.3, -0.25) is 0 Å². The van der Waals surface area contributed by atoms with Gasteiger partial charge in [0.05, 0.1) is 0 Å². The van der Waals surface area contributed by atoms with Gasteiger partial charge in [0.25, 0.3) is 0 Å². The van der Waals surface area contributed by atoms with E-state index in [-0.39, 0.29) is 0 Å². The van der Waals surface area contributed by atoms with Gasteiger partial charge in [0.15, 0.2) is 0 Å². The molecular formula is C7H14. The Labute approximate surface area is 46.9 Å². The van der Waals surface area contributed by atoms with Crippen LogP contribution in [0.5, 0.6) is 0 Å². The lowest BCUT2D eigenvalue weighted by Gasteiger charge is -2.04. The van der Waals surface area contributed by atoms with Crippen LogP contribution in [0.4, 0.5) is 0 Å². The van der Waals surface area contributed by atoms with E-state index in [2.05, 4.69) is 34.1 Å². The lowest BCUT2D eigenvalue weighted by molar-refractivity contribution is 0.615. The number of hydrogen-bond acceptors (Lipinski definition) is 0. The summed E-state index contributed by atoms with van der Waals surface area (Å²) in [6, 6.07) is 0. The van der Waals surface area contributed by atoms with Gasteiger partial charge in [0, 0.05) is 0 Å². The second-order valence-electron chi connectivity index (χ2n) is 2.48. The first-order chi connectivity index (χ1) is 3.13. The average molecular weight is 98.2 g/mol. The minimum atomic E-state index is 0.625. The fourth-order valence-corrected chi connectivity index (χ4v) is 0.667. The van der Waals surface area contributed by atoms with E-state index >= 15 is 0 Å². The van der Waals surface area contributed by atoms with E-state index in [0.717, 1.165) is 0 Å². The molecule has 0 spiro atoms. The van der Waals surface area contributed by atoms with E-state index in [0.29, 0.717) is 11.8 Å². The minimum absolute atomic E-state index is 0.625. The topological polar surface area (TPSA) is 0 Å². The molecule has 0 saturated heterocycles. The van der Waals surface area contributed by atoms with Crippen LogP contribution < -0.4 is 0 Å². The fourth-order valence-electron chi connectivity index (χ4n) is 0.667. The van der Waals surface area contributed by atoms with Gasteiger partial charge in [0.1, 0.15) is 0 Å². The smallest absolute Gasteiger partial charge is 0.0117 e. The van der Waals surface area contributed by atoms with Crippen molar-refractivity contribution in [3.05, 3.63) is 6.42 Å². The summed E-state index contributed by atoms with van der Waals surface area (Å²) in [6.45, 7) is 8.61. The Balaban J connectivity index is 2.95. The summed E-state index contributed by atoms with van der Waals surface area (Å²) in [4.78, 5) is 0. The zero-order chi connectivity index (χ0) is 5.86. The first-order valence-corrected chi connectivity index (χ1v) is 2.89. The maximum atomic E-state index is 3.31. The van der Waals surface area contributed by atoms with Gasteiger partial charge >= 0.3 is 0 Å². The summed E-state index contributed by atoms with van der Waals surface area (Å²) in [6.07, 6.45) is 3.31. The quantitative estimate of drug-likeness (QED) is 0.497. The molecule has 0 fully saturated rings. The zero-order valence-electron chi connectivity index (χ0n) is 5.65. The van der Waals surface area contributed by atoms with Gasteiger partial charge in [0.2, 0.25) is 0 Å². The van der Waals surface area contributed by atoms with E-state index in [9.17, 15) is 0 Å². The van der Waals surface area contributed by atoms with Crippen molar-refractivity contribution in [2.45, 2.75) is 27.7 Å². The van der Waals surface area contributed by atoms with E-state index in [1.165, 1.54) is 0 Å². The van der Waals surface area contributed by atoms with Gasteiger partial charge < -0.3 is 0 Å². The molecule has 0 heterocycles.